The van der Waals surface area contributed by atoms with Gasteiger partial charge < -0.3 is 0 Å². The Kier molecular flexibility index (Phi) is 66.4. The van der Waals surface area contributed by atoms with Gasteiger partial charge in [0.2, 0.25) is 0 Å². The SMILES string of the molecule is CCCCCCCCC(C)CCC.CCCCCCCCC(C)CCC.CCCCCCCCC(C)CCCCC.CCCCCCCCCCC(C)CCC. The lowest BCUT2D eigenvalue weighted by Gasteiger charge is -2.10. The molecule has 0 aromatic heterocycles. The van der Waals surface area contributed by atoms with Crippen LogP contribution in [0.25, 0.3) is 0 Å². The molecule has 0 aliphatic heterocycles. The summed E-state index contributed by atoms with van der Waals surface area (Å²) in [5.41, 5.74) is 0. The minimum atomic E-state index is 0.968. The molecule has 0 saturated heterocycles. The van der Waals surface area contributed by atoms with Gasteiger partial charge in [0.15, 0.2) is 0 Å². The summed E-state index contributed by atoms with van der Waals surface area (Å²) in [6.07, 6.45) is 57.5. The predicted octanol–water partition coefficient (Wildman–Crippen LogP) is 22.3. The van der Waals surface area contributed by atoms with Crippen LogP contribution in [-0.2, 0) is 0 Å². The van der Waals surface area contributed by atoms with Crippen LogP contribution in [0.5, 0.6) is 0 Å². The molecule has 0 spiro atoms. The quantitative estimate of drug-likeness (QED) is 0.0542. The zero-order valence-corrected chi connectivity index (χ0v) is 42.6. The van der Waals surface area contributed by atoms with Crippen molar-refractivity contribution in [3.63, 3.8) is 0 Å². The van der Waals surface area contributed by atoms with Crippen molar-refractivity contribution in [2.45, 2.75) is 340 Å². The topological polar surface area (TPSA) is 0 Å². The third kappa shape index (κ3) is 65.8. The van der Waals surface area contributed by atoms with E-state index in [2.05, 4.69) is 83.1 Å². The van der Waals surface area contributed by atoms with Gasteiger partial charge in [0.1, 0.15) is 0 Å². The van der Waals surface area contributed by atoms with E-state index < -0.39 is 0 Å². The van der Waals surface area contributed by atoms with Gasteiger partial charge in [-0.05, 0) is 23.7 Å². The van der Waals surface area contributed by atoms with E-state index in [1.807, 2.05) is 0 Å². The molecule has 0 nitrogen and oxygen atoms in total. The standard InChI is InChI=1S/2C15H32.2C13H28/c1-4-6-7-8-9-10-11-12-14-15(3)13-5-2;1-4-6-8-9-10-12-14-15(3)13-11-7-5-2;2*1-4-6-7-8-9-10-12-13(3)11-5-2/h2*15H,4-14H2,1-3H3;2*13H,4-12H2,1-3H3. The molecule has 4 atom stereocenters. The Bertz CT molecular complexity index is 569. The highest BCUT2D eigenvalue weighted by atomic mass is 14.1. The number of unbranched alkanes of at least 4 members (excludes halogenated alkanes) is 24. The van der Waals surface area contributed by atoms with E-state index in [-0.39, 0.29) is 0 Å². The molecular weight excluding hydrogens is 673 g/mol. The fourth-order valence-electron chi connectivity index (χ4n) is 8.24. The molecule has 0 aromatic rings. The predicted molar refractivity (Wildman–Crippen MR) is 267 cm³/mol. The molecule has 0 heteroatoms. The van der Waals surface area contributed by atoms with E-state index in [9.17, 15) is 0 Å². The maximum Gasteiger partial charge on any atom is -0.0443 e. The Labute approximate surface area is 362 Å². The first-order valence-corrected chi connectivity index (χ1v) is 27.2. The van der Waals surface area contributed by atoms with E-state index >= 15 is 0 Å². The molecule has 0 aliphatic carbocycles. The van der Waals surface area contributed by atoms with Crippen molar-refractivity contribution in [1.82, 2.24) is 0 Å². The minimum Gasteiger partial charge on any atom is -0.0654 e. The molecule has 56 heavy (non-hydrogen) atoms. The third-order valence-electron chi connectivity index (χ3n) is 12.3. The average Bonchev–Trinajstić information content (AvgIpc) is 3.18. The monoisotopic (exact) mass is 793 g/mol. The molecular formula is C56H120. The van der Waals surface area contributed by atoms with E-state index in [4.69, 9.17) is 0 Å². The maximum atomic E-state index is 2.43. The summed E-state index contributed by atoms with van der Waals surface area (Å²) in [7, 11) is 0. The second kappa shape index (κ2) is 59.3. The molecule has 0 bridgehead atoms. The van der Waals surface area contributed by atoms with Gasteiger partial charge in [-0.3, -0.25) is 0 Å². The fourth-order valence-corrected chi connectivity index (χ4v) is 8.24. The smallest absolute Gasteiger partial charge is 0.0443 e. The van der Waals surface area contributed by atoms with E-state index in [0.29, 0.717) is 0 Å². The first-order valence-electron chi connectivity index (χ1n) is 27.2. The second-order valence-electron chi connectivity index (χ2n) is 19.2. The summed E-state index contributed by atoms with van der Waals surface area (Å²) >= 11 is 0. The molecule has 0 radical (unpaired) electrons. The van der Waals surface area contributed by atoms with Gasteiger partial charge >= 0.3 is 0 Å². The van der Waals surface area contributed by atoms with E-state index in [1.165, 1.54) is 257 Å². The molecule has 0 heterocycles. The first kappa shape index (κ1) is 62.6. The molecule has 0 amide bonds. The Morgan fingerprint density at radius 3 is 0.500 bits per heavy atom. The van der Waals surface area contributed by atoms with Crippen molar-refractivity contribution in [1.29, 1.82) is 0 Å². The van der Waals surface area contributed by atoms with Crippen LogP contribution in [-0.4, -0.2) is 0 Å². The normalized spacial score (nSPS) is 13.1. The summed E-state index contributed by atoms with van der Waals surface area (Å²) in [5, 5.41) is 0. The van der Waals surface area contributed by atoms with Crippen LogP contribution in [0.15, 0.2) is 0 Å². The van der Waals surface area contributed by atoms with Crippen molar-refractivity contribution in [2.75, 3.05) is 0 Å². The molecule has 0 saturated carbocycles. The van der Waals surface area contributed by atoms with Gasteiger partial charge in [-0.25, -0.2) is 0 Å². The molecule has 0 N–H and O–H groups in total. The van der Waals surface area contributed by atoms with Crippen molar-refractivity contribution < 1.29 is 0 Å². The summed E-state index contributed by atoms with van der Waals surface area (Å²) in [5.74, 6) is 3.88. The van der Waals surface area contributed by atoms with Gasteiger partial charge in [0.25, 0.3) is 0 Å². The Hall–Kier alpha value is 0. The number of hydrogen-bond donors (Lipinski definition) is 0. The van der Waals surface area contributed by atoms with Crippen molar-refractivity contribution in [3.05, 3.63) is 0 Å². The van der Waals surface area contributed by atoms with E-state index in [1.54, 1.807) is 0 Å². The highest BCUT2D eigenvalue weighted by Crippen LogP contribution is 2.19. The summed E-state index contributed by atoms with van der Waals surface area (Å²) < 4.78 is 0. The Balaban J connectivity index is -0.000000323. The van der Waals surface area contributed by atoms with Crippen LogP contribution in [0.1, 0.15) is 340 Å². The molecule has 4 unspecified atom stereocenters. The molecule has 344 valence electrons. The zero-order valence-electron chi connectivity index (χ0n) is 42.6. The summed E-state index contributed by atoms with van der Waals surface area (Å²) in [4.78, 5) is 0. The summed E-state index contributed by atoms with van der Waals surface area (Å²) in [6.45, 7) is 27.9. The Morgan fingerprint density at radius 1 is 0.161 bits per heavy atom. The lowest BCUT2D eigenvalue weighted by molar-refractivity contribution is 0.437. The Morgan fingerprint density at radius 2 is 0.304 bits per heavy atom. The number of rotatable bonds is 40. The molecule has 0 aromatic carbocycles. The lowest BCUT2D eigenvalue weighted by Crippen LogP contribution is -1.94. The highest BCUT2D eigenvalue weighted by molar-refractivity contribution is 4.57. The van der Waals surface area contributed by atoms with Gasteiger partial charge in [0, 0.05) is 0 Å². The first-order chi connectivity index (χ1) is 27.2. The van der Waals surface area contributed by atoms with Crippen LogP contribution in [0.4, 0.5) is 0 Å². The van der Waals surface area contributed by atoms with E-state index in [0.717, 1.165) is 23.7 Å². The average molecular weight is 794 g/mol. The van der Waals surface area contributed by atoms with Crippen molar-refractivity contribution >= 4 is 0 Å². The number of hydrogen-bond acceptors (Lipinski definition) is 0. The van der Waals surface area contributed by atoms with Crippen LogP contribution < -0.4 is 0 Å². The van der Waals surface area contributed by atoms with Gasteiger partial charge in [-0.1, -0.05) is 340 Å². The van der Waals surface area contributed by atoms with Crippen LogP contribution >= 0.6 is 0 Å². The maximum absolute atomic E-state index is 2.43. The summed E-state index contributed by atoms with van der Waals surface area (Å²) in [6, 6.07) is 0. The minimum absolute atomic E-state index is 0.968. The third-order valence-corrected chi connectivity index (χ3v) is 12.3. The van der Waals surface area contributed by atoms with Gasteiger partial charge in [-0.2, -0.15) is 0 Å². The molecule has 0 rings (SSSR count). The largest absolute Gasteiger partial charge is 0.0654 e. The van der Waals surface area contributed by atoms with Crippen LogP contribution in [0.3, 0.4) is 0 Å². The molecule has 0 aliphatic rings. The fraction of sp³-hybridized carbons (Fsp3) is 1.00. The van der Waals surface area contributed by atoms with Crippen molar-refractivity contribution in [3.8, 4) is 0 Å². The van der Waals surface area contributed by atoms with Crippen LogP contribution in [0, 0.1) is 23.7 Å². The van der Waals surface area contributed by atoms with Gasteiger partial charge in [-0.15, -0.1) is 0 Å². The van der Waals surface area contributed by atoms with Crippen molar-refractivity contribution in [2.24, 2.45) is 23.7 Å². The highest BCUT2D eigenvalue weighted by Gasteiger charge is 2.03. The second-order valence-corrected chi connectivity index (χ2v) is 19.2. The van der Waals surface area contributed by atoms with Crippen LogP contribution in [0.2, 0.25) is 0 Å². The van der Waals surface area contributed by atoms with Gasteiger partial charge in [0.05, 0.1) is 0 Å². The molecule has 0 fully saturated rings. The lowest BCUT2D eigenvalue weighted by atomic mass is 9.96. The zero-order chi connectivity index (χ0) is 42.6.